The Morgan fingerprint density at radius 2 is 2.28 bits per heavy atom. The maximum atomic E-state index is 12.2. The molecule has 1 aliphatic rings. The number of carbonyl (C=O) groups is 1. The van der Waals surface area contributed by atoms with Crippen LogP contribution in [0.25, 0.3) is 0 Å². The van der Waals surface area contributed by atoms with Crippen molar-refractivity contribution in [3.63, 3.8) is 0 Å². The van der Waals surface area contributed by atoms with Crippen molar-refractivity contribution in [3.05, 3.63) is 20.3 Å². The summed E-state index contributed by atoms with van der Waals surface area (Å²) in [5.41, 5.74) is 1.11. The maximum absolute atomic E-state index is 12.2. The van der Waals surface area contributed by atoms with Gasteiger partial charge >= 0.3 is 0 Å². The number of thiophene rings is 1. The van der Waals surface area contributed by atoms with E-state index in [9.17, 15) is 4.79 Å². The van der Waals surface area contributed by atoms with Crippen LogP contribution in [0.15, 0.2) is 9.85 Å². The molecule has 2 unspecified atom stereocenters. The molecule has 1 aliphatic carbocycles. The molecule has 5 heteroatoms. The number of nitrogens with one attached hydrogen (secondary N) is 1. The summed E-state index contributed by atoms with van der Waals surface area (Å²) < 4.78 is 1.03. The summed E-state index contributed by atoms with van der Waals surface area (Å²) in [5, 5.41) is 3.14. The number of alkyl halides is 1. The first-order chi connectivity index (χ1) is 8.61. The minimum atomic E-state index is 0.0378. The molecule has 1 fully saturated rings. The minimum absolute atomic E-state index is 0.0378. The number of carbonyl (C=O) groups excluding carboxylic acids is 1. The highest BCUT2D eigenvalue weighted by Crippen LogP contribution is 2.29. The van der Waals surface area contributed by atoms with E-state index in [1.54, 1.807) is 0 Å². The van der Waals surface area contributed by atoms with Crippen LogP contribution in [0.3, 0.4) is 0 Å². The van der Waals surface area contributed by atoms with Gasteiger partial charge in [-0.05, 0) is 53.2 Å². The SMILES string of the molecule is Cc1cc(C(=O)NC2CCCCC2CCl)sc1Br. The summed E-state index contributed by atoms with van der Waals surface area (Å²) in [4.78, 5) is 13.0. The monoisotopic (exact) mass is 349 g/mol. The zero-order chi connectivity index (χ0) is 13.1. The van der Waals surface area contributed by atoms with E-state index >= 15 is 0 Å². The van der Waals surface area contributed by atoms with Gasteiger partial charge in [0.15, 0.2) is 0 Å². The van der Waals surface area contributed by atoms with Crippen molar-refractivity contribution in [1.29, 1.82) is 0 Å². The molecule has 2 rings (SSSR count). The van der Waals surface area contributed by atoms with Gasteiger partial charge in [-0.3, -0.25) is 4.79 Å². The van der Waals surface area contributed by atoms with Crippen LogP contribution in [-0.4, -0.2) is 17.8 Å². The van der Waals surface area contributed by atoms with Crippen molar-refractivity contribution in [2.24, 2.45) is 5.92 Å². The van der Waals surface area contributed by atoms with E-state index in [2.05, 4.69) is 21.2 Å². The van der Waals surface area contributed by atoms with Crippen LogP contribution in [0.4, 0.5) is 0 Å². The molecule has 0 spiro atoms. The van der Waals surface area contributed by atoms with E-state index in [1.807, 2.05) is 13.0 Å². The molecular weight excluding hydrogens is 334 g/mol. The maximum Gasteiger partial charge on any atom is 0.261 e. The van der Waals surface area contributed by atoms with Gasteiger partial charge in [-0.2, -0.15) is 0 Å². The van der Waals surface area contributed by atoms with Crippen LogP contribution in [0.2, 0.25) is 0 Å². The van der Waals surface area contributed by atoms with E-state index in [0.717, 1.165) is 27.1 Å². The predicted octanol–water partition coefficient (Wildman–Crippen LogP) is 4.35. The van der Waals surface area contributed by atoms with Crippen molar-refractivity contribution in [1.82, 2.24) is 5.32 Å². The van der Waals surface area contributed by atoms with Gasteiger partial charge in [-0.1, -0.05) is 12.8 Å². The normalized spacial score (nSPS) is 23.9. The van der Waals surface area contributed by atoms with Crippen LogP contribution in [0.1, 0.15) is 40.9 Å². The first-order valence-corrected chi connectivity index (χ1v) is 8.39. The van der Waals surface area contributed by atoms with E-state index in [-0.39, 0.29) is 11.9 Å². The van der Waals surface area contributed by atoms with E-state index < -0.39 is 0 Å². The Balaban J connectivity index is 2.01. The summed E-state index contributed by atoms with van der Waals surface area (Å²) in [5.74, 6) is 1.10. The van der Waals surface area contributed by atoms with Crippen molar-refractivity contribution >= 4 is 44.8 Å². The van der Waals surface area contributed by atoms with Gasteiger partial charge in [0.25, 0.3) is 5.91 Å². The van der Waals surface area contributed by atoms with Crippen molar-refractivity contribution in [3.8, 4) is 0 Å². The topological polar surface area (TPSA) is 29.1 Å². The van der Waals surface area contributed by atoms with Gasteiger partial charge in [-0.25, -0.2) is 0 Å². The molecule has 1 aromatic heterocycles. The van der Waals surface area contributed by atoms with Gasteiger partial charge < -0.3 is 5.32 Å². The van der Waals surface area contributed by atoms with Gasteiger partial charge in [0.2, 0.25) is 0 Å². The number of aryl methyl sites for hydroxylation is 1. The standard InChI is InChI=1S/C13H17BrClNOS/c1-8-6-11(18-12(8)14)13(17)16-10-5-3-2-4-9(10)7-15/h6,9-10H,2-5,7H2,1H3,(H,16,17). The third-order valence-electron chi connectivity index (χ3n) is 3.50. The molecule has 18 heavy (non-hydrogen) atoms. The molecule has 1 amide bonds. The highest BCUT2D eigenvalue weighted by Gasteiger charge is 2.26. The predicted molar refractivity (Wildman–Crippen MR) is 80.7 cm³/mol. The van der Waals surface area contributed by atoms with Gasteiger partial charge in [0.1, 0.15) is 0 Å². The molecule has 0 radical (unpaired) electrons. The molecule has 2 atom stereocenters. The quantitative estimate of drug-likeness (QED) is 0.807. The summed E-state index contributed by atoms with van der Waals surface area (Å²) >= 11 is 10.9. The summed E-state index contributed by atoms with van der Waals surface area (Å²) in [6, 6.07) is 2.17. The lowest BCUT2D eigenvalue weighted by Gasteiger charge is -2.30. The molecule has 0 aliphatic heterocycles. The fraction of sp³-hybridized carbons (Fsp3) is 0.615. The second-order valence-corrected chi connectivity index (χ2v) is 7.52. The zero-order valence-corrected chi connectivity index (χ0v) is 13.5. The lowest BCUT2D eigenvalue weighted by atomic mass is 9.86. The number of amides is 1. The van der Waals surface area contributed by atoms with E-state index in [1.165, 1.54) is 24.2 Å². The Labute approximate surface area is 125 Å². The molecule has 1 aromatic rings. The Morgan fingerprint density at radius 3 is 2.89 bits per heavy atom. The fourth-order valence-corrected chi connectivity index (χ4v) is 4.20. The Bertz CT molecular complexity index is 415. The van der Waals surface area contributed by atoms with E-state index in [4.69, 9.17) is 11.6 Å². The molecule has 0 saturated heterocycles. The second kappa shape index (κ2) is 6.40. The Morgan fingerprint density at radius 1 is 1.56 bits per heavy atom. The fourth-order valence-electron chi connectivity index (χ4n) is 2.39. The first-order valence-electron chi connectivity index (χ1n) is 6.24. The Hall–Kier alpha value is -0.0600. The highest BCUT2D eigenvalue weighted by molar-refractivity contribution is 9.11. The van der Waals surface area contributed by atoms with Crippen molar-refractivity contribution < 1.29 is 4.79 Å². The summed E-state index contributed by atoms with van der Waals surface area (Å²) in [6.07, 6.45) is 4.59. The smallest absolute Gasteiger partial charge is 0.261 e. The first kappa shape index (κ1) is 14.4. The van der Waals surface area contributed by atoms with Crippen LogP contribution in [0, 0.1) is 12.8 Å². The summed E-state index contributed by atoms with van der Waals surface area (Å²) in [7, 11) is 0. The largest absolute Gasteiger partial charge is 0.348 e. The van der Waals surface area contributed by atoms with Crippen molar-refractivity contribution in [2.45, 2.75) is 38.6 Å². The minimum Gasteiger partial charge on any atom is -0.348 e. The lowest BCUT2D eigenvalue weighted by molar-refractivity contribution is 0.0915. The Kier molecular flexibility index (Phi) is 5.10. The third kappa shape index (κ3) is 3.28. The summed E-state index contributed by atoms with van der Waals surface area (Å²) in [6.45, 7) is 2.00. The molecule has 0 aromatic carbocycles. The number of rotatable bonds is 3. The van der Waals surface area contributed by atoms with Crippen LogP contribution < -0.4 is 5.32 Å². The number of hydrogen-bond acceptors (Lipinski definition) is 2. The van der Waals surface area contributed by atoms with E-state index in [0.29, 0.717) is 11.8 Å². The third-order valence-corrected chi connectivity index (χ3v) is 6.04. The molecule has 0 bridgehead atoms. The molecule has 1 saturated carbocycles. The van der Waals surface area contributed by atoms with Crippen LogP contribution in [-0.2, 0) is 0 Å². The van der Waals surface area contributed by atoms with Gasteiger partial charge in [-0.15, -0.1) is 22.9 Å². The highest BCUT2D eigenvalue weighted by atomic mass is 79.9. The van der Waals surface area contributed by atoms with Gasteiger partial charge in [0, 0.05) is 11.9 Å². The number of halogens is 2. The van der Waals surface area contributed by atoms with Gasteiger partial charge in [0.05, 0.1) is 8.66 Å². The molecular formula is C13H17BrClNOS. The van der Waals surface area contributed by atoms with Crippen molar-refractivity contribution in [2.75, 3.05) is 5.88 Å². The molecule has 100 valence electrons. The van der Waals surface area contributed by atoms with Crippen LogP contribution in [0.5, 0.6) is 0 Å². The number of hydrogen-bond donors (Lipinski definition) is 1. The average Bonchev–Trinajstić information content (AvgIpc) is 2.70. The molecule has 1 heterocycles. The lowest BCUT2D eigenvalue weighted by Crippen LogP contribution is -2.42. The molecule has 1 N–H and O–H groups in total. The molecule has 2 nitrogen and oxygen atoms in total. The zero-order valence-electron chi connectivity index (χ0n) is 10.3. The average molecular weight is 351 g/mol. The van der Waals surface area contributed by atoms with Crippen LogP contribution >= 0.6 is 38.9 Å². The second-order valence-electron chi connectivity index (χ2n) is 4.85.